The van der Waals surface area contributed by atoms with Crippen LogP contribution in [0.25, 0.3) is 33.3 Å². The summed E-state index contributed by atoms with van der Waals surface area (Å²) in [5.74, 6) is 1.56. The summed E-state index contributed by atoms with van der Waals surface area (Å²) in [7, 11) is 0. The average molecular weight is 313 g/mol. The molecular weight excluding hydrogens is 298 g/mol. The first-order valence-corrected chi connectivity index (χ1v) is 7.99. The van der Waals surface area contributed by atoms with Gasteiger partial charge in [-0.2, -0.15) is 0 Å². The third-order valence-electron chi connectivity index (χ3n) is 4.57. The zero-order chi connectivity index (χ0) is 16.1. The molecule has 116 valence electrons. The Bertz CT molecular complexity index is 1050. The number of rotatable bonds is 1. The van der Waals surface area contributed by atoms with Crippen LogP contribution in [0.4, 0.5) is 0 Å². The minimum absolute atomic E-state index is 0.279. The van der Waals surface area contributed by atoms with E-state index in [1.807, 2.05) is 12.1 Å². The van der Waals surface area contributed by atoms with Crippen LogP contribution in [-0.2, 0) is 0 Å². The first-order chi connectivity index (χ1) is 11.8. The lowest BCUT2D eigenvalue weighted by Gasteiger charge is -2.05. The molecule has 0 saturated heterocycles. The van der Waals surface area contributed by atoms with E-state index in [2.05, 4.69) is 55.5 Å². The SMILES string of the molecule is Cc1cc(-c2ccc3cc4c(cc3n2)OCO4)c2cccccc1-2. The molecule has 2 aromatic rings. The molecule has 3 aliphatic rings. The van der Waals surface area contributed by atoms with Gasteiger partial charge in [-0.3, -0.25) is 0 Å². The lowest BCUT2D eigenvalue weighted by atomic mass is 10.1. The van der Waals surface area contributed by atoms with E-state index in [0.29, 0.717) is 0 Å². The number of pyridine rings is 1. The number of hydrogen-bond acceptors (Lipinski definition) is 3. The summed E-state index contributed by atoms with van der Waals surface area (Å²) in [6.45, 7) is 2.42. The maximum atomic E-state index is 5.48. The smallest absolute Gasteiger partial charge is 0.231 e. The van der Waals surface area contributed by atoms with E-state index in [1.54, 1.807) is 0 Å². The van der Waals surface area contributed by atoms with Crippen molar-refractivity contribution in [1.29, 1.82) is 0 Å². The van der Waals surface area contributed by atoms with Crippen molar-refractivity contribution in [2.24, 2.45) is 0 Å². The highest BCUT2D eigenvalue weighted by atomic mass is 16.7. The van der Waals surface area contributed by atoms with E-state index >= 15 is 0 Å². The zero-order valence-electron chi connectivity index (χ0n) is 13.2. The van der Waals surface area contributed by atoms with Crippen LogP contribution in [0.3, 0.4) is 0 Å². The van der Waals surface area contributed by atoms with Crippen molar-refractivity contribution in [3.8, 4) is 33.9 Å². The summed E-state index contributed by atoms with van der Waals surface area (Å²) in [5.41, 5.74) is 6.82. The summed E-state index contributed by atoms with van der Waals surface area (Å²) < 4.78 is 10.9. The molecular formula is C21H15NO2. The van der Waals surface area contributed by atoms with Crippen LogP contribution in [0.15, 0.2) is 60.7 Å². The summed E-state index contributed by atoms with van der Waals surface area (Å²) in [5, 5.41) is 1.06. The Morgan fingerprint density at radius 3 is 2.46 bits per heavy atom. The first kappa shape index (κ1) is 13.4. The topological polar surface area (TPSA) is 31.4 Å². The van der Waals surface area contributed by atoms with Crippen LogP contribution in [-0.4, -0.2) is 11.8 Å². The van der Waals surface area contributed by atoms with Gasteiger partial charge in [-0.25, -0.2) is 4.98 Å². The fourth-order valence-electron chi connectivity index (χ4n) is 3.37. The minimum atomic E-state index is 0.279. The van der Waals surface area contributed by atoms with Gasteiger partial charge >= 0.3 is 0 Å². The van der Waals surface area contributed by atoms with Gasteiger partial charge in [-0.05, 0) is 41.8 Å². The molecule has 1 aromatic carbocycles. The highest BCUT2D eigenvalue weighted by molar-refractivity contribution is 5.91. The number of aryl methyl sites for hydroxylation is 1. The highest BCUT2D eigenvalue weighted by Crippen LogP contribution is 2.39. The van der Waals surface area contributed by atoms with Gasteiger partial charge in [0, 0.05) is 17.0 Å². The zero-order valence-corrected chi connectivity index (χ0v) is 13.2. The lowest BCUT2D eigenvalue weighted by molar-refractivity contribution is 0.174. The lowest BCUT2D eigenvalue weighted by Crippen LogP contribution is -1.92. The second kappa shape index (κ2) is 4.96. The molecule has 2 aliphatic carbocycles. The van der Waals surface area contributed by atoms with Crippen molar-refractivity contribution in [2.75, 3.05) is 6.79 Å². The van der Waals surface area contributed by atoms with Crippen LogP contribution in [0.2, 0.25) is 0 Å². The second-order valence-corrected chi connectivity index (χ2v) is 6.07. The molecule has 3 nitrogen and oxygen atoms in total. The molecule has 3 heteroatoms. The van der Waals surface area contributed by atoms with Crippen molar-refractivity contribution < 1.29 is 9.47 Å². The molecule has 0 unspecified atom stereocenters. The summed E-state index contributed by atoms with van der Waals surface area (Å²) >= 11 is 0. The van der Waals surface area contributed by atoms with Crippen LogP contribution in [0.5, 0.6) is 11.5 Å². The third-order valence-corrected chi connectivity index (χ3v) is 4.57. The van der Waals surface area contributed by atoms with Gasteiger partial charge in [0.15, 0.2) is 11.5 Å². The van der Waals surface area contributed by atoms with Crippen molar-refractivity contribution in [2.45, 2.75) is 6.92 Å². The molecule has 0 spiro atoms. The number of aromatic nitrogens is 1. The molecule has 0 saturated carbocycles. The molecule has 1 aliphatic heterocycles. The van der Waals surface area contributed by atoms with Gasteiger partial charge in [0.25, 0.3) is 0 Å². The molecule has 0 atom stereocenters. The van der Waals surface area contributed by atoms with E-state index in [9.17, 15) is 0 Å². The second-order valence-electron chi connectivity index (χ2n) is 6.07. The molecule has 24 heavy (non-hydrogen) atoms. The first-order valence-electron chi connectivity index (χ1n) is 7.99. The summed E-state index contributed by atoms with van der Waals surface area (Å²) in [6, 6.07) is 20.8. The Balaban J connectivity index is 1.72. The van der Waals surface area contributed by atoms with Crippen molar-refractivity contribution in [3.05, 3.63) is 66.2 Å². The van der Waals surface area contributed by atoms with Crippen LogP contribution in [0, 0.1) is 6.92 Å². The Kier molecular flexibility index (Phi) is 2.77. The van der Waals surface area contributed by atoms with Crippen molar-refractivity contribution >= 4 is 10.9 Å². The fraction of sp³-hybridized carbons (Fsp3) is 0.0952. The van der Waals surface area contributed by atoms with Gasteiger partial charge in [0.2, 0.25) is 6.79 Å². The molecule has 1 aromatic heterocycles. The largest absolute Gasteiger partial charge is 0.454 e. The Morgan fingerprint density at radius 1 is 0.792 bits per heavy atom. The van der Waals surface area contributed by atoms with E-state index in [4.69, 9.17) is 14.5 Å². The predicted octanol–water partition coefficient (Wildman–Crippen LogP) is 5.04. The monoisotopic (exact) mass is 313 g/mol. The van der Waals surface area contributed by atoms with E-state index in [1.165, 1.54) is 22.3 Å². The van der Waals surface area contributed by atoms with Gasteiger partial charge in [-0.15, -0.1) is 0 Å². The quantitative estimate of drug-likeness (QED) is 0.493. The minimum Gasteiger partial charge on any atom is -0.454 e. The molecule has 5 rings (SSSR count). The normalized spacial score (nSPS) is 12.9. The molecule has 0 radical (unpaired) electrons. The van der Waals surface area contributed by atoms with Gasteiger partial charge in [-0.1, -0.05) is 36.4 Å². The standard InChI is InChI=1S/C21H15NO2/c1-13-9-17(16-6-4-2-3-5-15(13)16)18-8-7-14-10-20-21(24-12-23-20)11-19(14)22-18/h2-11H,12H2,1H3. The molecule has 0 fully saturated rings. The van der Waals surface area contributed by atoms with Crippen LogP contribution < -0.4 is 9.47 Å². The van der Waals surface area contributed by atoms with Crippen molar-refractivity contribution in [1.82, 2.24) is 4.98 Å². The number of fused-ring (bicyclic) bond motifs is 3. The number of ether oxygens (including phenoxy) is 2. The maximum Gasteiger partial charge on any atom is 0.231 e. The predicted molar refractivity (Wildman–Crippen MR) is 94.7 cm³/mol. The third kappa shape index (κ3) is 1.95. The molecule has 0 N–H and O–H groups in total. The van der Waals surface area contributed by atoms with E-state index in [-0.39, 0.29) is 6.79 Å². The molecule has 2 heterocycles. The number of hydrogen-bond donors (Lipinski definition) is 0. The van der Waals surface area contributed by atoms with Gasteiger partial charge in [0.05, 0.1) is 11.2 Å². The number of nitrogens with zero attached hydrogens (tertiary/aromatic N) is 1. The fourth-order valence-corrected chi connectivity index (χ4v) is 3.37. The Morgan fingerprint density at radius 2 is 1.58 bits per heavy atom. The Labute approximate surface area is 139 Å². The van der Waals surface area contributed by atoms with Crippen LogP contribution in [0.1, 0.15) is 5.56 Å². The molecule has 0 amide bonds. The highest BCUT2D eigenvalue weighted by Gasteiger charge is 2.17. The van der Waals surface area contributed by atoms with E-state index < -0.39 is 0 Å². The Hall–Kier alpha value is -3.07. The van der Waals surface area contributed by atoms with E-state index in [0.717, 1.165) is 28.1 Å². The van der Waals surface area contributed by atoms with Crippen LogP contribution >= 0.6 is 0 Å². The average Bonchev–Trinajstić information content (AvgIpc) is 3.07. The van der Waals surface area contributed by atoms with Gasteiger partial charge in [0.1, 0.15) is 0 Å². The summed E-state index contributed by atoms with van der Waals surface area (Å²) in [6.07, 6.45) is 0. The van der Waals surface area contributed by atoms with Crippen molar-refractivity contribution in [3.63, 3.8) is 0 Å². The summed E-state index contributed by atoms with van der Waals surface area (Å²) in [4.78, 5) is 4.87. The molecule has 0 bridgehead atoms. The number of benzene rings is 1. The van der Waals surface area contributed by atoms with Gasteiger partial charge < -0.3 is 9.47 Å². The maximum absolute atomic E-state index is 5.48.